The van der Waals surface area contributed by atoms with Crippen molar-refractivity contribution in [3.05, 3.63) is 70.8 Å². The average Bonchev–Trinajstić information content (AvgIpc) is 3.47. The van der Waals surface area contributed by atoms with Crippen molar-refractivity contribution in [2.45, 2.75) is 103 Å². The smallest absolute Gasteiger partial charge is 0.0945 e. The first-order valence-corrected chi connectivity index (χ1v) is 17.7. The number of hydrogen-bond donors (Lipinski definition) is 1. The number of fused-ring (bicyclic) bond motifs is 6. The Morgan fingerprint density at radius 1 is 1.07 bits per heavy atom. The fraction of sp³-hybridized carbons (Fsp3) is 0.692. The first-order chi connectivity index (χ1) is 21.3. The maximum atomic E-state index is 10.4. The molecule has 6 aliphatic rings. The average molecular weight is 602 g/mol. The van der Waals surface area contributed by atoms with Crippen molar-refractivity contribution in [1.82, 2.24) is 4.90 Å². The van der Waals surface area contributed by atoms with Crippen molar-refractivity contribution in [1.29, 1.82) is 0 Å². The molecule has 1 spiro atoms. The van der Waals surface area contributed by atoms with Crippen LogP contribution in [0.25, 0.3) is 0 Å². The van der Waals surface area contributed by atoms with Crippen LogP contribution < -0.4 is 0 Å². The summed E-state index contributed by atoms with van der Waals surface area (Å²) in [5, 5.41) is 10.4. The molecule has 2 heterocycles. The molecule has 2 aliphatic heterocycles. The molecule has 5 heteroatoms. The number of allylic oxidation sites excluding steroid dienone is 3. The van der Waals surface area contributed by atoms with E-state index in [2.05, 4.69) is 75.1 Å². The summed E-state index contributed by atoms with van der Waals surface area (Å²) < 4.78 is 19.1. The van der Waals surface area contributed by atoms with E-state index in [1.165, 1.54) is 18.4 Å². The van der Waals surface area contributed by atoms with Crippen LogP contribution >= 0.6 is 0 Å². The Bertz CT molecular complexity index is 1270. The second-order valence-corrected chi connectivity index (χ2v) is 15.5. The number of benzene rings is 1. The van der Waals surface area contributed by atoms with Gasteiger partial charge in [0.2, 0.25) is 0 Å². The number of ether oxygens (including phenoxy) is 3. The van der Waals surface area contributed by atoms with E-state index in [4.69, 9.17) is 14.2 Å². The van der Waals surface area contributed by atoms with Gasteiger partial charge in [-0.3, -0.25) is 4.90 Å². The lowest BCUT2D eigenvalue weighted by Gasteiger charge is -2.49. The van der Waals surface area contributed by atoms with Gasteiger partial charge >= 0.3 is 0 Å². The van der Waals surface area contributed by atoms with Crippen LogP contribution in [0.3, 0.4) is 0 Å². The summed E-state index contributed by atoms with van der Waals surface area (Å²) in [5.74, 6) is 3.03. The summed E-state index contributed by atoms with van der Waals surface area (Å²) in [7, 11) is 0. The van der Waals surface area contributed by atoms with Gasteiger partial charge in [0.15, 0.2) is 0 Å². The van der Waals surface area contributed by atoms with Crippen LogP contribution in [0.2, 0.25) is 0 Å². The predicted octanol–water partition coefficient (Wildman–Crippen LogP) is 7.11. The number of piperidine rings is 1. The fourth-order valence-corrected chi connectivity index (χ4v) is 10.5. The van der Waals surface area contributed by atoms with Crippen molar-refractivity contribution in [3.8, 4) is 0 Å². The van der Waals surface area contributed by atoms with Crippen LogP contribution in [-0.2, 0) is 20.8 Å². The normalized spacial score (nSPS) is 41.6. The van der Waals surface area contributed by atoms with Crippen LogP contribution in [0.1, 0.15) is 78.2 Å². The minimum atomic E-state index is -0.237. The van der Waals surface area contributed by atoms with Gasteiger partial charge in [0.05, 0.1) is 44.2 Å². The molecule has 0 aromatic heterocycles. The van der Waals surface area contributed by atoms with E-state index < -0.39 is 0 Å². The van der Waals surface area contributed by atoms with Gasteiger partial charge in [0.1, 0.15) is 0 Å². The lowest BCUT2D eigenvalue weighted by molar-refractivity contribution is -0.0528. The maximum absolute atomic E-state index is 10.4. The van der Waals surface area contributed by atoms with E-state index in [-0.39, 0.29) is 23.2 Å². The van der Waals surface area contributed by atoms with Gasteiger partial charge < -0.3 is 19.3 Å². The van der Waals surface area contributed by atoms with Crippen LogP contribution in [0, 0.1) is 35.0 Å². The third-order valence-electron chi connectivity index (χ3n) is 12.8. The Labute approximate surface area is 265 Å². The minimum Gasteiger partial charge on any atom is -0.389 e. The van der Waals surface area contributed by atoms with E-state index in [1.807, 2.05) is 6.07 Å². The van der Waals surface area contributed by atoms with Crippen molar-refractivity contribution >= 4 is 0 Å². The van der Waals surface area contributed by atoms with E-state index in [9.17, 15) is 5.11 Å². The molecule has 2 saturated heterocycles. The van der Waals surface area contributed by atoms with Crippen LogP contribution in [0.4, 0.5) is 0 Å². The lowest BCUT2D eigenvalue weighted by Crippen LogP contribution is -2.52. The van der Waals surface area contributed by atoms with Gasteiger partial charge in [-0.25, -0.2) is 0 Å². The van der Waals surface area contributed by atoms with E-state index >= 15 is 0 Å². The first-order valence-electron chi connectivity index (χ1n) is 17.7. The highest BCUT2D eigenvalue weighted by atomic mass is 16.5. The Morgan fingerprint density at radius 2 is 1.89 bits per heavy atom. The Morgan fingerprint density at radius 3 is 2.73 bits per heavy atom. The fourth-order valence-electron chi connectivity index (χ4n) is 10.5. The summed E-state index contributed by atoms with van der Waals surface area (Å²) in [6.07, 6.45) is 15.3. The highest BCUT2D eigenvalue weighted by Gasteiger charge is 2.58. The largest absolute Gasteiger partial charge is 0.389 e. The van der Waals surface area contributed by atoms with Crippen LogP contribution in [-0.4, -0.2) is 66.8 Å². The van der Waals surface area contributed by atoms with Crippen LogP contribution in [0.15, 0.2) is 65.3 Å². The molecule has 2 saturated carbocycles. The number of hydrogen-bond acceptors (Lipinski definition) is 5. The third kappa shape index (κ3) is 5.59. The first kappa shape index (κ1) is 30.9. The second kappa shape index (κ2) is 12.4. The second-order valence-electron chi connectivity index (χ2n) is 15.5. The molecule has 0 amide bonds. The lowest BCUT2D eigenvalue weighted by atomic mass is 9.56. The Hall–Kier alpha value is -1.76. The minimum absolute atomic E-state index is 0.209. The SMILES string of the molecule is CC1=C2C[C@H]3[C@@H](CCC4=C[C@@H](O)CC[C@@]43C)[C@@H]2C=C[C@@]2(C1)O[C@@H]1C[C@H](C)CN(CCOCCOCc3ccccc3)[C@H]1[C@H]2C. The molecule has 10 atom stereocenters. The van der Waals surface area contributed by atoms with Crippen LogP contribution in [0.5, 0.6) is 0 Å². The Balaban J connectivity index is 0.997. The summed E-state index contributed by atoms with van der Waals surface area (Å²) in [6, 6.07) is 10.8. The number of nitrogens with zero attached hydrogens (tertiary/aromatic N) is 1. The molecule has 5 nitrogen and oxygen atoms in total. The van der Waals surface area contributed by atoms with Gasteiger partial charge in [0.25, 0.3) is 0 Å². The van der Waals surface area contributed by atoms with E-state index in [0.717, 1.165) is 51.8 Å². The summed E-state index contributed by atoms with van der Waals surface area (Å²) in [4.78, 5) is 2.69. The molecule has 240 valence electrons. The molecule has 0 bridgehead atoms. The monoisotopic (exact) mass is 601 g/mol. The van der Waals surface area contributed by atoms with Gasteiger partial charge in [0, 0.05) is 37.4 Å². The van der Waals surface area contributed by atoms with Gasteiger partial charge in [-0.2, -0.15) is 0 Å². The van der Waals surface area contributed by atoms with Crippen molar-refractivity contribution in [3.63, 3.8) is 0 Å². The van der Waals surface area contributed by atoms with Gasteiger partial charge in [-0.05, 0) is 74.2 Å². The molecule has 1 N–H and O–H groups in total. The molecule has 1 aromatic rings. The topological polar surface area (TPSA) is 51.2 Å². The predicted molar refractivity (Wildman–Crippen MR) is 175 cm³/mol. The van der Waals surface area contributed by atoms with Crippen molar-refractivity contribution in [2.24, 2.45) is 35.0 Å². The van der Waals surface area contributed by atoms with E-state index in [0.29, 0.717) is 55.5 Å². The summed E-state index contributed by atoms with van der Waals surface area (Å²) >= 11 is 0. The van der Waals surface area contributed by atoms with E-state index in [1.54, 1.807) is 16.7 Å². The maximum Gasteiger partial charge on any atom is 0.0945 e. The summed E-state index contributed by atoms with van der Waals surface area (Å²) in [5.41, 5.74) is 6.09. The number of aliphatic hydroxyl groups excluding tert-OH is 1. The number of rotatable bonds is 8. The number of aliphatic hydroxyl groups is 1. The van der Waals surface area contributed by atoms with Gasteiger partial charge in [-0.1, -0.05) is 86.1 Å². The molecule has 4 aliphatic carbocycles. The third-order valence-corrected chi connectivity index (χ3v) is 12.8. The highest BCUT2D eigenvalue weighted by Crippen LogP contribution is 2.63. The molecule has 0 unspecified atom stereocenters. The van der Waals surface area contributed by atoms with Gasteiger partial charge in [-0.15, -0.1) is 0 Å². The zero-order chi connectivity index (χ0) is 30.5. The molecular formula is C39H55NO4. The Kier molecular flexibility index (Phi) is 8.73. The molecule has 4 fully saturated rings. The zero-order valence-electron chi connectivity index (χ0n) is 27.5. The zero-order valence-corrected chi connectivity index (χ0v) is 27.5. The molecular weight excluding hydrogens is 546 g/mol. The molecule has 7 rings (SSSR count). The van der Waals surface area contributed by atoms with Crippen molar-refractivity contribution in [2.75, 3.05) is 32.9 Å². The van der Waals surface area contributed by atoms with Crippen molar-refractivity contribution < 1.29 is 19.3 Å². The quantitative estimate of drug-likeness (QED) is 0.254. The number of likely N-dealkylation sites (tertiary alicyclic amines) is 1. The molecule has 44 heavy (non-hydrogen) atoms. The standard InChI is InChI=1S/C39H55NO4/c1-26-20-36-37(40(24-26)16-17-42-18-19-43-25-29-8-6-5-7-9-29)28(3)39(44-36)15-13-32-33-11-10-30-21-31(41)12-14-38(30,4)35(33)22-34(32)27(2)23-39/h5-9,13,15,21,26,28,31-33,35-37,41H,10-12,14,16-20,22-25H2,1-4H3/t26-,28+,31-,32-,33-,35-,36+,37-,38-,39-/m0/s1. The molecule has 0 radical (unpaired) electrons. The summed E-state index contributed by atoms with van der Waals surface area (Å²) in [6.45, 7) is 14.5. The molecule has 1 aromatic carbocycles. The highest BCUT2D eigenvalue weighted by molar-refractivity contribution is 5.38.